The molecule has 1 saturated heterocycles. The Balaban J connectivity index is 1.48. The third-order valence-corrected chi connectivity index (χ3v) is 4.66. The van der Waals surface area contributed by atoms with Crippen molar-refractivity contribution in [2.45, 2.75) is 51.4 Å². The number of piperidine rings is 1. The van der Waals surface area contributed by atoms with E-state index in [-0.39, 0.29) is 5.91 Å². The van der Waals surface area contributed by atoms with E-state index in [1.165, 1.54) is 50.5 Å². The lowest BCUT2D eigenvalue weighted by molar-refractivity contribution is 0.0953. The second kappa shape index (κ2) is 8.09. The van der Waals surface area contributed by atoms with Gasteiger partial charge in [-0.2, -0.15) is 0 Å². The van der Waals surface area contributed by atoms with E-state index in [0.29, 0.717) is 12.1 Å². The first kappa shape index (κ1) is 16.0. The van der Waals surface area contributed by atoms with Gasteiger partial charge in [0.2, 0.25) is 5.95 Å². The summed E-state index contributed by atoms with van der Waals surface area (Å²) in [5, 5.41) is 2.97. The van der Waals surface area contributed by atoms with Crippen molar-refractivity contribution in [1.29, 1.82) is 0 Å². The van der Waals surface area contributed by atoms with Crippen LogP contribution in [-0.4, -0.2) is 35.5 Å². The Morgan fingerprint density at radius 1 is 1.09 bits per heavy atom. The van der Waals surface area contributed by atoms with Gasteiger partial charge in [0.05, 0.1) is 5.56 Å². The Hall–Kier alpha value is -1.91. The molecule has 23 heavy (non-hydrogen) atoms. The van der Waals surface area contributed by atoms with Crippen LogP contribution >= 0.6 is 0 Å². The fourth-order valence-corrected chi connectivity index (χ4v) is 3.27. The standard InChI is InChI=1S/C18H26N4O/c23-17(19-10-9-15-7-3-1-4-8-15)16-13-20-18(21-14-16)22-11-5-2-6-12-22/h7,13-14H,1-6,8-12H2,(H,19,23). The van der Waals surface area contributed by atoms with Crippen LogP contribution in [0.4, 0.5) is 5.95 Å². The largest absolute Gasteiger partial charge is 0.352 e. The number of carbonyl (C=O) groups excluding carboxylic acids is 1. The van der Waals surface area contributed by atoms with E-state index in [1.54, 1.807) is 12.4 Å². The van der Waals surface area contributed by atoms with Gasteiger partial charge in [0.15, 0.2) is 0 Å². The number of hydrogen-bond acceptors (Lipinski definition) is 4. The molecule has 0 aromatic carbocycles. The molecule has 5 heteroatoms. The molecule has 1 aromatic rings. The molecule has 1 aliphatic carbocycles. The zero-order valence-corrected chi connectivity index (χ0v) is 13.8. The number of rotatable bonds is 5. The van der Waals surface area contributed by atoms with Crippen molar-refractivity contribution in [3.05, 3.63) is 29.6 Å². The molecule has 0 unspecified atom stereocenters. The topological polar surface area (TPSA) is 58.1 Å². The molecule has 1 aromatic heterocycles. The van der Waals surface area contributed by atoms with E-state index in [2.05, 4.69) is 26.3 Å². The third kappa shape index (κ3) is 4.53. The zero-order valence-electron chi connectivity index (χ0n) is 13.8. The van der Waals surface area contributed by atoms with E-state index in [1.807, 2.05) is 0 Å². The van der Waals surface area contributed by atoms with Crippen LogP contribution in [0.25, 0.3) is 0 Å². The Labute approximate surface area is 138 Å². The minimum Gasteiger partial charge on any atom is -0.352 e. The Morgan fingerprint density at radius 3 is 2.57 bits per heavy atom. The fraction of sp³-hybridized carbons (Fsp3) is 0.611. The van der Waals surface area contributed by atoms with Gasteiger partial charge in [-0.25, -0.2) is 9.97 Å². The molecular formula is C18H26N4O. The van der Waals surface area contributed by atoms with Gasteiger partial charge in [-0.3, -0.25) is 4.79 Å². The number of aromatic nitrogens is 2. The van der Waals surface area contributed by atoms with Crippen LogP contribution in [-0.2, 0) is 0 Å². The maximum atomic E-state index is 12.1. The lowest BCUT2D eigenvalue weighted by Crippen LogP contribution is -2.31. The van der Waals surface area contributed by atoms with E-state index >= 15 is 0 Å². The summed E-state index contributed by atoms with van der Waals surface area (Å²) in [4.78, 5) is 23.1. The summed E-state index contributed by atoms with van der Waals surface area (Å²) < 4.78 is 0. The van der Waals surface area contributed by atoms with Gasteiger partial charge in [0.25, 0.3) is 5.91 Å². The molecule has 2 heterocycles. The van der Waals surface area contributed by atoms with E-state index in [4.69, 9.17) is 0 Å². The van der Waals surface area contributed by atoms with Gasteiger partial charge >= 0.3 is 0 Å². The van der Waals surface area contributed by atoms with Gasteiger partial charge in [0, 0.05) is 32.0 Å². The van der Waals surface area contributed by atoms with Crippen molar-refractivity contribution in [1.82, 2.24) is 15.3 Å². The lowest BCUT2D eigenvalue weighted by atomic mass is 9.97. The smallest absolute Gasteiger partial charge is 0.254 e. The molecule has 1 aliphatic heterocycles. The highest BCUT2D eigenvalue weighted by atomic mass is 16.1. The van der Waals surface area contributed by atoms with Crippen LogP contribution in [0, 0.1) is 0 Å². The summed E-state index contributed by atoms with van der Waals surface area (Å²) in [5.74, 6) is 0.667. The maximum Gasteiger partial charge on any atom is 0.254 e. The molecule has 1 amide bonds. The fourth-order valence-electron chi connectivity index (χ4n) is 3.27. The summed E-state index contributed by atoms with van der Waals surface area (Å²) in [5.41, 5.74) is 2.02. The van der Waals surface area contributed by atoms with E-state index < -0.39 is 0 Å². The predicted molar refractivity (Wildman–Crippen MR) is 91.6 cm³/mol. The molecule has 5 nitrogen and oxygen atoms in total. The molecule has 1 fully saturated rings. The highest BCUT2D eigenvalue weighted by Gasteiger charge is 2.14. The lowest BCUT2D eigenvalue weighted by Gasteiger charge is -2.26. The maximum absolute atomic E-state index is 12.1. The first-order chi connectivity index (χ1) is 11.3. The number of nitrogens with zero attached hydrogens (tertiary/aromatic N) is 3. The molecule has 0 spiro atoms. The molecule has 0 atom stereocenters. The second-order valence-electron chi connectivity index (χ2n) is 6.43. The summed E-state index contributed by atoms with van der Waals surface area (Å²) in [6.45, 7) is 2.72. The van der Waals surface area contributed by atoms with Crippen LogP contribution in [0.2, 0.25) is 0 Å². The SMILES string of the molecule is O=C(NCCC1=CCCCC1)c1cnc(N2CCCCC2)nc1. The molecule has 3 rings (SSSR count). The molecule has 0 saturated carbocycles. The molecular weight excluding hydrogens is 288 g/mol. The molecule has 0 bridgehead atoms. The van der Waals surface area contributed by atoms with Gasteiger partial charge in [-0.15, -0.1) is 0 Å². The summed E-state index contributed by atoms with van der Waals surface area (Å²) in [6.07, 6.45) is 15.2. The number of allylic oxidation sites excluding steroid dienone is 1. The van der Waals surface area contributed by atoms with Crippen LogP contribution in [0.5, 0.6) is 0 Å². The van der Waals surface area contributed by atoms with Crippen LogP contribution < -0.4 is 10.2 Å². The normalized spacial score (nSPS) is 18.4. The van der Waals surface area contributed by atoms with Crippen molar-refractivity contribution >= 4 is 11.9 Å². The average Bonchev–Trinajstić information content (AvgIpc) is 2.63. The number of amides is 1. The third-order valence-electron chi connectivity index (χ3n) is 4.66. The Bertz CT molecular complexity index is 547. The van der Waals surface area contributed by atoms with E-state index in [0.717, 1.165) is 25.5 Å². The number of carbonyl (C=O) groups is 1. The van der Waals surface area contributed by atoms with Crippen molar-refractivity contribution in [2.24, 2.45) is 0 Å². The number of nitrogens with one attached hydrogen (secondary N) is 1. The van der Waals surface area contributed by atoms with Crippen molar-refractivity contribution in [3.63, 3.8) is 0 Å². The van der Waals surface area contributed by atoms with Crippen molar-refractivity contribution in [2.75, 3.05) is 24.5 Å². The first-order valence-corrected chi connectivity index (χ1v) is 8.86. The predicted octanol–water partition coefficient (Wildman–Crippen LogP) is 3.09. The Morgan fingerprint density at radius 2 is 1.87 bits per heavy atom. The van der Waals surface area contributed by atoms with Gasteiger partial charge in [-0.05, 0) is 51.4 Å². The zero-order chi connectivity index (χ0) is 15.9. The second-order valence-corrected chi connectivity index (χ2v) is 6.43. The monoisotopic (exact) mass is 314 g/mol. The average molecular weight is 314 g/mol. The van der Waals surface area contributed by atoms with Crippen molar-refractivity contribution in [3.8, 4) is 0 Å². The minimum absolute atomic E-state index is 0.0772. The van der Waals surface area contributed by atoms with Crippen LogP contribution in [0.1, 0.15) is 61.7 Å². The van der Waals surface area contributed by atoms with Crippen LogP contribution in [0.3, 0.4) is 0 Å². The summed E-state index contributed by atoms with van der Waals surface area (Å²) >= 11 is 0. The van der Waals surface area contributed by atoms with Gasteiger partial charge in [0.1, 0.15) is 0 Å². The highest BCUT2D eigenvalue weighted by Crippen LogP contribution is 2.19. The van der Waals surface area contributed by atoms with Gasteiger partial charge < -0.3 is 10.2 Å². The van der Waals surface area contributed by atoms with Crippen LogP contribution in [0.15, 0.2) is 24.0 Å². The van der Waals surface area contributed by atoms with Crippen molar-refractivity contribution < 1.29 is 4.79 Å². The number of hydrogen-bond donors (Lipinski definition) is 1. The summed E-state index contributed by atoms with van der Waals surface area (Å²) in [7, 11) is 0. The highest BCUT2D eigenvalue weighted by molar-refractivity contribution is 5.93. The first-order valence-electron chi connectivity index (χ1n) is 8.86. The number of anilines is 1. The molecule has 1 N–H and O–H groups in total. The molecule has 0 radical (unpaired) electrons. The minimum atomic E-state index is -0.0772. The summed E-state index contributed by atoms with van der Waals surface area (Å²) in [6, 6.07) is 0. The quantitative estimate of drug-likeness (QED) is 0.849. The van der Waals surface area contributed by atoms with Gasteiger partial charge in [-0.1, -0.05) is 11.6 Å². The Kier molecular flexibility index (Phi) is 5.61. The molecule has 124 valence electrons. The van der Waals surface area contributed by atoms with E-state index in [9.17, 15) is 4.79 Å². The molecule has 2 aliphatic rings.